The van der Waals surface area contributed by atoms with Crippen LogP contribution in [0.2, 0.25) is 0 Å². The molecule has 0 saturated heterocycles. The minimum atomic E-state index is -0.690. The highest BCUT2D eigenvalue weighted by Crippen LogP contribution is 2.04. The maximum atomic E-state index is 10.3. The van der Waals surface area contributed by atoms with Crippen LogP contribution in [-0.2, 0) is 4.79 Å². The van der Waals surface area contributed by atoms with Crippen molar-refractivity contribution < 1.29 is 9.90 Å². The zero-order valence-electron chi connectivity index (χ0n) is 11.7. The summed E-state index contributed by atoms with van der Waals surface area (Å²) < 4.78 is 0. The molecule has 104 valence electrons. The van der Waals surface area contributed by atoms with Crippen molar-refractivity contribution >= 4 is 5.97 Å². The van der Waals surface area contributed by atoms with Gasteiger partial charge < -0.3 is 5.11 Å². The van der Waals surface area contributed by atoms with Crippen LogP contribution in [-0.4, -0.2) is 11.1 Å². The van der Waals surface area contributed by atoms with E-state index >= 15 is 0 Å². The third-order valence-electron chi connectivity index (χ3n) is 2.84. The van der Waals surface area contributed by atoms with Crippen LogP contribution in [0.3, 0.4) is 0 Å². The molecular formula is C16H28O2. The largest absolute Gasteiger partial charge is 0.481 e. The summed E-state index contributed by atoms with van der Waals surface area (Å²) in [5.41, 5.74) is 0. The molecule has 0 saturated carbocycles. The van der Waals surface area contributed by atoms with Gasteiger partial charge in [-0.1, -0.05) is 50.5 Å². The first-order valence-corrected chi connectivity index (χ1v) is 7.29. The number of hydrogen-bond donors (Lipinski definition) is 1. The van der Waals surface area contributed by atoms with E-state index in [1.807, 2.05) is 0 Å². The number of rotatable bonds is 12. The summed E-state index contributed by atoms with van der Waals surface area (Å²) in [7, 11) is 0. The number of carbonyl (C=O) groups is 1. The summed E-state index contributed by atoms with van der Waals surface area (Å²) in [6, 6.07) is 0. The van der Waals surface area contributed by atoms with Gasteiger partial charge in [0.15, 0.2) is 0 Å². The Morgan fingerprint density at radius 3 is 2.06 bits per heavy atom. The van der Waals surface area contributed by atoms with Gasteiger partial charge in [0.1, 0.15) is 0 Å². The second-order valence-electron chi connectivity index (χ2n) is 4.67. The highest BCUT2D eigenvalue weighted by atomic mass is 16.4. The maximum absolute atomic E-state index is 10.3. The van der Waals surface area contributed by atoms with Crippen LogP contribution < -0.4 is 0 Å². The summed E-state index contributed by atoms with van der Waals surface area (Å²) in [5, 5.41) is 8.46. The van der Waals surface area contributed by atoms with Crippen molar-refractivity contribution in [3.8, 4) is 0 Å². The summed E-state index contributed by atoms with van der Waals surface area (Å²) in [6.07, 6.45) is 19.4. The molecule has 0 unspecified atom stereocenters. The molecule has 18 heavy (non-hydrogen) atoms. The standard InChI is InChI=1S/C16H28O2/c1-2-3-4-5-6-7-8-9-10-11-12-13-14-15-16(17)18/h7-8,10-11H,2-6,9,12-15H2,1H3,(H,17,18)/b8-7+,11-10+. The lowest BCUT2D eigenvalue weighted by Crippen LogP contribution is -1.92. The quantitative estimate of drug-likeness (QED) is 0.387. The number of allylic oxidation sites excluding steroid dienone is 4. The Morgan fingerprint density at radius 2 is 1.50 bits per heavy atom. The van der Waals surface area contributed by atoms with E-state index in [1.54, 1.807) is 0 Å². The molecule has 0 atom stereocenters. The molecule has 0 heterocycles. The molecule has 0 aliphatic carbocycles. The van der Waals surface area contributed by atoms with Crippen LogP contribution in [0.1, 0.15) is 71.1 Å². The molecule has 0 fully saturated rings. The van der Waals surface area contributed by atoms with Gasteiger partial charge in [-0.05, 0) is 38.5 Å². The van der Waals surface area contributed by atoms with Gasteiger partial charge in [0.05, 0.1) is 0 Å². The molecule has 0 aromatic heterocycles. The molecule has 1 N–H and O–H groups in total. The van der Waals surface area contributed by atoms with Gasteiger partial charge in [-0.15, -0.1) is 0 Å². The predicted octanol–water partition coefficient (Wildman–Crippen LogP) is 5.10. The van der Waals surface area contributed by atoms with Gasteiger partial charge in [-0.25, -0.2) is 0 Å². The van der Waals surface area contributed by atoms with E-state index in [2.05, 4.69) is 31.2 Å². The predicted molar refractivity (Wildman–Crippen MR) is 77.8 cm³/mol. The molecule has 0 aromatic rings. The number of hydrogen-bond acceptors (Lipinski definition) is 1. The number of aliphatic carboxylic acids is 1. The highest BCUT2D eigenvalue weighted by Gasteiger charge is 1.93. The highest BCUT2D eigenvalue weighted by molar-refractivity contribution is 5.66. The van der Waals surface area contributed by atoms with Gasteiger partial charge in [0.25, 0.3) is 0 Å². The number of carboxylic acid groups (broad SMARTS) is 1. The lowest BCUT2D eigenvalue weighted by Gasteiger charge is -1.94. The van der Waals surface area contributed by atoms with E-state index < -0.39 is 5.97 Å². The zero-order valence-corrected chi connectivity index (χ0v) is 11.7. The van der Waals surface area contributed by atoms with E-state index in [9.17, 15) is 4.79 Å². The van der Waals surface area contributed by atoms with E-state index in [1.165, 1.54) is 32.1 Å². The summed E-state index contributed by atoms with van der Waals surface area (Å²) in [4.78, 5) is 10.3. The monoisotopic (exact) mass is 252 g/mol. The van der Waals surface area contributed by atoms with Crippen molar-refractivity contribution in [2.24, 2.45) is 0 Å². The van der Waals surface area contributed by atoms with Crippen molar-refractivity contribution in [1.29, 1.82) is 0 Å². The Balaban J connectivity index is 3.21. The van der Waals surface area contributed by atoms with Crippen LogP contribution in [0.5, 0.6) is 0 Å². The molecular weight excluding hydrogens is 224 g/mol. The average Bonchev–Trinajstić information content (AvgIpc) is 2.34. The van der Waals surface area contributed by atoms with Gasteiger partial charge >= 0.3 is 5.97 Å². The lowest BCUT2D eigenvalue weighted by atomic mass is 10.1. The summed E-state index contributed by atoms with van der Waals surface area (Å²) in [6.45, 7) is 2.23. The van der Waals surface area contributed by atoms with Crippen molar-refractivity contribution in [1.82, 2.24) is 0 Å². The van der Waals surface area contributed by atoms with Crippen molar-refractivity contribution in [3.05, 3.63) is 24.3 Å². The molecule has 2 heteroatoms. The SMILES string of the molecule is CCCCCC/C=C/C/C=C/CCCCC(=O)O. The third kappa shape index (κ3) is 14.9. The van der Waals surface area contributed by atoms with Crippen LogP contribution in [0.15, 0.2) is 24.3 Å². The fourth-order valence-corrected chi connectivity index (χ4v) is 1.73. The van der Waals surface area contributed by atoms with E-state index in [0.717, 1.165) is 25.7 Å². The van der Waals surface area contributed by atoms with Gasteiger partial charge in [0.2, 0.25) is 0 Å². The second-order valence-corrected chi connectivity index (χ2v) is 4.67. The summed E-state index contributed by atoms with van der Waals surface area (Å²) in [5.74, 6) is -0.690. The topological polar surface area (TPSA) is 37.3 Å². The molecule has 0 aromatic carbocycles. The number of carboxylic acids is 1. The smallest absolute Gasteiger partial charge is 0.303 e. The van der Waals surface area contributed by atoms with Crippen LogP contribution in [0.4, 0.5) is 0 Å². The lowest BCUT2D eigenvalue weighted by molar-refractivity contribution is -0.137. The summed E-state index contributed by atoms with van der Waals surface area (Å²) >= 11 is 0. The van der Waals surface area contributed by atoms with Gasteiger partial charge in [-0.2, -0.15) is 0 Å². The van der Waals surface area contributed by atoms with Crippen LogP contribution in [0, 0.1) is 0 Å². The van der Waals surface area contributed by atoms with Crippen molar-refractivity contribution in [2.75, 3.05) is 0 Å². The van der Waals surface area contributed by atoms with Crippen molar-refractivity contribution in [2.45, 2.75) is 71.1 Å². The Kier molecular flexibility index (Phi) is 13.2. The molecule has 0 aliphatic rings. The van der Waals surface area contributed by atoms with Gasteiger partial charge in [-0.3, -0.25) is 4.79 Å². The van der Waals surface area contributed by atoms with Crippen molar-refractivity contribution in [3.63, 3.8) is 0 Å². The van der Waals surface area contributed by atoms with E-state index in [0.29, 0.717) is 6.42 Å². The van der Waals surface area contributed by atoms with Crippen LogP contribution >= 0.6 is 0 Å². The molecule has 2 nitrogen and oxygen atoms in total. The van der Waals surface area contributed by atoms with E-state index in [4.69, 9.17) is 5.11 Å². The zero-order chi connectivity index (χ0) is 13.5. The Bertz CT molecular complexity index is 241. The van der Waals surface area contributed by atoms with E-state index in [-0.39, 0.29) is 0 Å². The number of unbranched alkanes of at least 4 members (excludes halogenated alkanes) is 6. The molecule has 0 rings (SSSR count). The Labute approximate surface area is 112 Å². The minimum absolute atomic E-state index is 0.297. The minimum Gasteiger partial charge on any atom is -0.481 e. The normalized spacial score (nSPS) is 11.6. The molecule has 0 aliphatic heterocycles. The van der Waals surface area contributed by atoms with Crippen LogP contribution in [0.25, 0.3) is 0 Å². The molecule has 0 radical (unpaired) electrons. The third-order valence-corrected chi connectivity index (χ3v) is 2.84. The van der Waals surface area contributed by atoms with Gasteiger partial charge in [0, 0.05) is 6.42 Å². The second kappa shape index (κ2) is 14.0. The molecule has 0 spiro atoms. The first-order chi connectivity index (χ1) is 8.77. The molecule has 0 bridgehead atoms. The fourth-order valence-electron chi connectivity index (χ4n) is 1.73. The Hall–Kier alpha value is -1.05. The fraction of sp³-hybridized carbons (Fsp3) is 0.688. The Morgan fingerprint density at radius 1 is 0.889 bits per heavy atom. The first kappa shape index (κ1) is 16.9. The maximum Gasteiger partial charge on any atom is 0.303 e. The first-order valence-electron chi connectivity index (χ1n) is 7.29. The average molecular weight is 252 g/mol. The molecule has 0 amide bonds.